The molecule has 1 aliphatic carbocycles. The van der Waals surface area contributed by atoms with Crippen LogP contribution in [-0.2, 0) is 0 Å². The van der Waals surface area contributed by atoms with E-state index in [0.29, 0.717) is 16.5 Å². The fourth-order valence-corrected chi connectivity index (χ4v) is 2.30. The molecule has 0 saturated heterocycles. The van der Waals surface area contributed by atoms with E-state index in [2.05, 4.69) is 0 Å². The SMILES string of the molecule is NC1(N)C=CC(c2ccccc2Cl)=C(Cl)C1. The van der Waals surface area contributed by atoms with Crippen molar-refractivity contribution in [1.82, 2.24) is 0 Å². The fraction of sp³-hybridized carbons (Fsp3) is 0.167. The maximum atomic E-state index is 6.18. The topological polar surface area (TPSA) is 52.0 Å². The number of allylic oxidation sites excluding steroid dienone is 2. The zero-order chi connectivity index (χ0) is 11.8. The Bertz CT molecular complexity index is 476. The lowest BCUT2D eigenvalue weighted by Crippen LogP contribution is -2.48. The monoisotopic (exact) mass is 254 g/mol. The van der Waals surface area contributed by atoms with Gasteiger partial charge in [0.05, 0.1) is 5.66 Å². The van der Waals surface area contributed by atoms with Crippen molar-refractivity contribution in [1.29, 1.82) is 0 Å². The van der Waals surface area contributed by atoms with Crippen LogP contribution in [0.2, 0.25) is 5.02 Å². The molecule has 0 saturated carbocycles. The average molecular weight is 255 g/mol. The van der Waals surface area contributed by atoms with Gasteiger partial charge in [0.25, 0.3) is 0 Å². The molecule has 1 aliphatic rings. The standard InChI is InChI=1S/C12H12Cl2N2/c13-10-4-2-1-3-8(10)9-5-6-12(15,16)7-11(9)14/h1-6H,7,15-16H2. The molecule has 0 aliphatic heterocycles. The van der Waals surface area contributed by atoms with Gasteiger partial charge in [0, 0.05) is 22.0 Å². The third kappa shape index (κ3) is 2.30. The normalized spacial score (nSPS) is 19.0. The molecular weight excluding hydrogens is 243 g/mol. The van der Waals surface area contributed by atoms with Gasteiger partial charge in [-0.15, -0.1) is 0 Å². The number of halogens is 2. The van der Waals surface area contributed by atoms with E-state index in [1.54, 1.807) is 6.08 Å². The van der Waals surface area contributed by atoms with Crippen molar-refractivity contribution in [2.24, 2.45) is 11.5 Å². The second-order valence-electron chi connectivity index (χ2n) is 3.92. The molecule has 1 aromatic rings. The summed E-state index contributed by atoms with van der Waals surface area (Å²) in [6, 6.07) is 7.54. The van der Waals surface area contributed by atoms with E-state index in [0.717, 1.165) is 11.1 Å². The van der Waals surface area contributed by atoms with Crippen LogP contribution in [0.5, 0.6) is 0 Å². The smallest absolute Gasteiger partial charge is 0.0881 e. The van der Waals surface area contributed by atoms with Crippen LogP contribution in [-0.4, -0.2) is 5.66 Å². The molecule has 0 fully saturated rings. The maximum Gasteiger partial charge on any atom is 0.0881 e. The fourth-order valence-electron chi connectivity index (χ4n) is 1.67. The van der Waals surface area contributed by atoms with Gasteiger partial charge in [-0.2, -0.15) is 0 Å². The van der Waals surface area contributed by atoms with E-state index >= 15 is 0 Å². The summed E-state index contributed by atoms with van der Waals surface area (Å²) in [5.74, 6) is 0. The quantitative estimate of drug-likeness (QED) is 0.758. The first kappa shape index (κ1) is 11.7. The summed E-state index contributed by atoms with van der Waals surface area (Å²) >= 11 is 12.3. The second kappa shape index (κ2) is 4.22. The van der Waals surface area contributed by atoms with Crippen LogP contribution < -0.4 is 11.5 Å². The van der Waals surface area contributed by atoms with Gasteiger partial charge in [0.1, 0.15) is 0 Å². The minimum Gasteiger partial charge on any atom is -0.310 e. The van der Waals surface area contributed by atoms with Crippen molar-refractivity contribution >= 4 is 28.8 Å². The van der Waals surface area contributed by atoms with Crippen molar-refractivity contribution in [3.63, 3.8) is 0 Å². The van der Waals surface area contributed by atoms with Crippen LogP contribution in [0.15, 0.2) is 41.4 Å². The first-order chi connectivity index (χ1) is 7.49. The Morgan fingerprint density at radius 3 is 2.44 bits per heavy atom. The van der Waals surface area contributed by atoms with Gasteiger partial charge in [-0.05, 0) is 17.7 Å². The van der Waals surface area contributed by atoms with Crippen molar-refractivity contribution in [3.05, 3.63) is 52.0 Å². The zero-order valence-electron chi connectivity index (χ0n) is 8.58. The van der Waals surface area contributed by atoms with Gasteiger partial charge in [-0.3, -0.25) is 0 Å². The molecule has 4 heteroatoms. The molecule has 0 atom stereocenters. The van der Waals surface area contributed by atoms with Gasteiger partial charge < -0.3 is 11.5 Å². The van der Waals surface area contributed by atoms with E-state index in [4.69, 9.17) is 34.7 Å². The van der Waals surface area contributed by atoms with Gasteiger partial charge in [-0.1, -0.05) is 47.5 Å². The lowest BCUT2D eigenvalue weighted by Gasteiger charge is -2.25. The molecule has 4 N–H and O–H groups in total. The summed E-state index contributed by atoms with van der Waals surface area (Å²) in [5.41, 5.74) is 12.5. The van der Waals surface area contributed by atoms with Crippen LogP contribution in [0, 0.1) is 0 Å². The molecule has 0 aromatic heterocycles. The molecular formula is C12H12Cl2N2. The number of rotatable bonds is 1. The Morgan fingerprint density at radius 1 is 1.12 bits per heavy atom. The van der Waals surface area contributed by atoms with Gasteiger partial charge in [-0.25, -0.2) is 0 Å². The van der Waals surface area contributed by atoms with Crippen LogP contribution in [0.4, 0.5) is 0 Å². The number of nitrogens with two attached hydrogens (primary N) is 2. The second-order valence-corrected chi connectivity index (χ2v) is 4.78. The Morgan fingerprint density at radius 2 is 1.81 bits per heavy atom. The summed E-state index contributed by atoms with van der Waals surface area (Å²) in [5, 5.41) is 1.31. The van der Waals surface area contributed by atoms with E-state index in [-0.39, 0.29) is 0 Å². The van der Waals surface area contributed by atoms with Gasteiger partial charge in [0.2, 0.25) is 0 Å². The van der Waals surface area contributed by atoms with E-state index < -0.39 is 5.66 Å². The first-order valence-corrected chi connectivity index (χ1v) is 5.66. The molecule has 84 valence electrons. The third-order valence-electron chi connectivity index (χ3n) is 2.48. The Kier molecular flexibility index (Phi) is 3.08. The van der Waals surface area contributed by atoms with Crippen LogP contribution in [0.25, 0.3) is 5.57 Å². The summed E-state index contributed by atoms with van der Waals surface area (Å²) in [6.45, 7) is 0. The number of hydrogen-bond acceptors (Lipinski definition) is 2. The van der Waals surface area contributed by atoms with E-state index in [1.165, 1.54) is 0 Å². The molecule has 0 spiro atoms. The molecule has 2 rings (SSSR count). The summed E-state index contributed by atoms with van der Waals surface area (Å²) in [7, 11) is 0. The number of benzene rings is 1. The minimum atomic E-state index is -0.859. The van der Waals surface area contributed by atoms with E-state index in [1.807, 2.05) is 30.3 Å². The summed E-state index contributed by atoms with van der Waals surface area (Å²) in [6.07, 6.45) is 4.00. The molecule has 16 heavy (non-hydrogen) atoms. The predicted molar refractivity (Wildman–Crippen MR) is 69.1 cm³/mol. The third-order valence-corrected chi connectivity index (χ3v) is 3.14. The number of hydrogen-bond donors (Lipinski definition) is 2. The molecule has 0 heterocycles. The lowest BCUT2D eigenvalue weighted by molar-refractivity contribution is 0.554. The highest BCUT2D eigenvalue weighted by Gasteiger charge is 2.23. The highest BCUT2D eigenvalue weighted by atomic mass is 35.5. The van der Waals surface area contributed by atoms with Crippen molar-refractivity contribution < 1.29 is 0 Å². The zero-order valence-corrected chi connectivity index (χ0v) is 10.1. The average Bonchev–Trinajstić information content (AvgIpc) is 2.18. The van der Waals surface area contributed by atoms with Crippen LogP contribution in [0.1, 0.15) is 12.0 Å². The largest absolute Gasteiger partial charge is 0.310 e. The molecule has 0 bridgehead atoms. The highest BCUT2D eigenvalue weighted by Crippen LogP contribution is 2.34. The maximum absolute atomic E-state index is 6.18. The highest BCUT2D eigenvalue weighted by molar-refractivity contribution is 6.36. The molecule has 1 aromatic carbocycles. The lowest BCUT2D eigenvalue weighted by atomic mass is 9.94. The van der Waals surface area contributed by atoms with Gasteiger partial charge >= 0.3 is 0 Å². The predicted octanol–water partition coefficient (Wildman–Crippen LogP) is 2.86. The Balaban J connectivity index is 2.45. The summed E-state index contributed by atoms with van der Waals surface area (Å²) in [4.78, 5) is 0. The van der Waals surface area contributed by atoms with Gasteiger partial charge in [0.15, 0.2) is 0 Å². The molecule has 0 radical (unpaired) electrons. The Hall–Kier alpha value is -0.800. The van der Waals surface area contributed by atoms with Crippen molar-refractivity contribution in [2.45, 2.75) is 12.1 Å². The molecule has 0 unspecified atom stereocenters. The molecule has 2 nitrogen and oxygen atoms in total. The Labute approximate surface area is 105 Å². The van der Waals surface area contributed by atoms with Crippen molar-refractivity contribution in [3.8, 4) is 0 Å². The molecule has 0 amide bonds. The van der Waals surface area contributed by atoms with Crippen LogP contribution >= 0.6 is 23.2 Å². The van der Waals surface area contributed by atoms with Crippen molar-refractivity contribution in [2.75, 3.05) is 0 Å². The van der Waals surface area contributed by atoms with Crippen LogP contribution in [0.3, 0.4) is 0 Å². The minimum absolute atomic E-state index is 0.422. The first-order valence-electron chi connectivity index (χ1n) is 4.90. The summed E-state index contributed by atoms with van der Waals surface area (Å²) < 4.78 is 0. The van der Waals surface area contributed by atoms with E-state index in [9.17, 15) is 0 Å².